The number of rotatable bonds is 8. The Kier molecular flexibility index (Phi) is 5.17. The first-order valence-electron chi connectivity index (χ1n) is 9.73. The van der Waals surface area contributed by atoms with Gasteiger partial charge in [-0.2, -0.15) is 0 Å². The van der Waals surface area contributed by atoms with E-state index in [-0.39, 0.29) is 5.82 Å². The molecule has 142 valence electrons. The van der Waals surface area contributed by atoms with Gasteiger partial charge >= 0.3 is 0 Å². The maximum absolute atomic E-state index is 14.8. The molecule has 2 aromatic carbocycles. The average Bonchev–Trinajstić information content (AvgIpc) is 3.40. The Labute approximate surface area is 160 Å². The largest absolute Gasteiger partial charge is 0.488 e. The molecule has 0 N–H and O–H groups in total. The van der Waals surface area contributed by atoms with E-state index in [4.69, 9.17) is 4.74 Å². The van der Waals surface area contributed by atoms with Crippen LogP contribution in [0.5, 0.6) is 5.75 Å². The number of nitrogens with zero attached hydrogens (tertiary/aromatic N) is 2. The van der Waals surface area contributed by atoms with Gasteiger partial charge in [-0.1, -0.05) is 30.3 Å². The van der Waals surface area contributed by atoms with Crippen LogP contribution < -0.4 is 4.74 Å². The Morgan fingerprint density at radius 1 is 1.11 bits per heavy atom. The lowest BCUT2D eigenvalue weighted by atomic mass is 10.1. The highest BCUT2D eigenvalue weighted by atomic mass is 19.1. The molecule has 0 unspecified atom stereocenters. The number of hydrogen-bond donors (Lipinski definition) is 0. The Bertz CT molecular complexity index is 913. The SMILES string of the molecule is CN(C)CCc1cn(CC2CC2)c2c(F)ccc(OCc3ccccc3)c12. The lowest BCUT2D eigenvalue weighted by Crippen LogP contribution is -2.15. The summed E-state index contributed by atoms with van der Waals surface area (Å²) in [5.74, 6) is 1.31. The fraction of sp³-hybridized carbons (Fsp3) is 0.391. The molecule has 0 aliphatic heterocycles. The van der Waals surface area contributed by atoms with Crippen molar-refractivity contribution in [2.75, 3.05) is 20.6 Å². The monoisotopic (exact) mass is 366 g/mol. The topological polar surface area (TPSA) is 17.4 Å². The molecule has 1 heterocycles. The highest BCUT2D eigenvalue weighted by Crippen LogP contribution is 2.37. The summed E-state index contributed by atoms with van der Waals surface area (Å²) >= 11 is 0. The Morgan fingerprint density at radius 2 is 1.89 bits per heavy atom. The molecular formula is C23H27FN2O. The van der Waals surface area contributed by atoms with Gasteiger partial charge in [0.05, 0.1) is 5.52 Å². The van der Waals surface area contributed by atoms with Gasteiger partial charge in [-0.3, -0.25) is 0 Å². The lowest BCUT2D eigenvalue weighted by Gasteiger charge is -2.12. The third-order valence-corrected chi connectivity index (χ3v) is 5.23. The van der Waals surface area contributed by atoms with Gasteiger partial charge in [0.25, 0.3) is 0 Å². The van der Waals surface area contributed by atoms with Gasteiger partial charge < -0.3 is 14.2 Å². The van der Waals surface area contributed by atoms with Crippen molar-refractivity contribution in [2.45, 2.75) is 32.4 Å². The molecule has 0 spiro atoms. The van der Waals surface area contributed by atoms with E-state index in [0.29, 0.717) is 18.0 Å². The summed E-state index contributed by atoms with van der Waals surface area (Å²) in [5, 5.41) is 0.938. The number of benzene rings is 2. The van der Waals surface area contributed by atoms with Gasteiger partial charge in [-0.25, -0.2) is 4.39 Å². The molecule has 3 aromatic rings. The van der Waals surface area contributed by atoms with Crippen molar-refractivity contribution in [3.8, 4) is 5.75 Å². The standard InChI is InChI=1S/C23H27FN2O/c1-25(2)13-12-19-15-26(14-17-8-9-17)23-20(24)10-11-21(22(19)23)27-16-18-6-4-3-5-7-18/h3-7,10-11,15,17H,8-9,12-14,16H2,1-2H3. The van der Waals surface area contributed by atoms with E-state index in [0.717, 1.165) is 36.2 Å². The van der Waals surface area contributed by atoms with Crippen LogP contribution in [0.25, 0.3) is 10.9 Å². The normalized spacial score (nSPS) is 14.2. The van der Waals surface area contributed by atoms with Crippen LogP contribution in [-0.2, 0) is 19.6 Å². The van der Waals surface area contributed by atoms with E-state index < -0.39 is 0 Å². The molecule has 0 bridgehead atoms. The number of halogens is 1. The summed E-state index contributed by atoms with van der Waals surface area (Å²) in [7, 11) is 4.13. The summed E-state index contributed by atoms with van der Waals surface area (Å²) in [5.41, 5.74) is 2.98. The van der Waals surface area contributed by atoms with Gasteiger partial charge in [-0.05, 0) is 62.5 Å². The molecule has 1 saturated carbocycles. The average molecular weight is 366 g/mol. The van der Waals surface area contributed by atoms with Crippen LogP contribution in [0.1, 0.15) is 24.0 Å². The van der Waals surface area contributed by atoms with Crippen LogP contribution in [0.3, 0.4) is 0 Å². The second-order valence-corrected chi connectivity index (χ2v) is 7.85. The van der Waals surface area contributed by atoms with Crippen LogP contribution in [0.2, 0.25) is 0 Å². The fourth-order valence-electron chi connectivity index (χ4n) is 3.57. The predicted octanol–water partition coefficient (Wildman–Crippen LogP) is 4.87. The summed E-state index contributed by atoms with van der Waals surface area (Å²) < 4.78 is 23.0. The van der Waals surface area contributed by atoms with E-state index in [1.54, 1.807) is 12.1 Å². The molecule has 1 aliphatic rings. The Balaban J connectivity index is 1.70. The van der Waals surface area contributed by atoms with Crippen LogP contribution >= 0.6 is 0 Å². The van der Waals surface area contributed by atoms with Crippen molar-refractivity contribution < 1.29 is 9.13 Å². The first-order chi connectivity index (χ1) is 13.1. The minimum atomic E-state index is -0.159. The molecule has 1 aliphatic carbocycles. The lowest BCUT2D eigenvalue weighted by molar-refractivity contribution is 0.309. The van der Waals surface area contributed by atoms with Crippen molar-refractivity contribution in [3.05, 3.63) is 65.6 Å². The van der Waals surface area contributed by atoms with Gasteiger partial charge in [0.1, 0.15) is 18.2 Å². The zero-order chi connectivity index (χ0) is 18.8. The number of likely N-dealkylation sites (N-methyl/N-ethyl adjacent to an activating group) is 1. The molecule has 27 heavy (non-hydrogen) atoms. The smallest absolute Gasteiger partial charge is 0.147 e. The number of ether oxygens (including phenoxy) is 1. The van der Waals surface area contributed by atoms with E-state index in [2.05, 4.69) is 29.8 Å². The molecular weight excluding hydrogens is 339 g/mol. The number of fused-ring (bicyclic) bond motifs is 1. The third kappa shape index (κ3) is 4.16. The van der Waals surface area contributed by atoms with Crippen LogP contribution in [-0.4, -0.2) is 30.1 Å². The van der Waals surface area contributed by atoms with Gasteiger partial charge in [0, 0.05) is 24.7 Å². The predicted molar refractivity (Wildman–Crippen MR) is 108 cm³/mol. The molecule has 0 atom stereocenters. The van der Waals surface area contributed by atoms with E-state index in [9.17, 15) is 4.39 Å². The first-order valence-corrected chi connectivity index (χ1v) is 9.73. The second-order valence-electron chi connectivity index (χ2n) is 7.85. The Hall–Kier alpha value is -2.33. The molecule has 0 saturated heterocycles. The quantitative estimate of drug-likeness (QED) is 0.566. The first kappa shape index (κ1) is 18.1. The zero-order valence-electron chi connectivity index (χ0n) is 16.1. The zero-order valence-corrected chi connectivity index (χ0v) is 16.1. The minimum absolute atomic E-state index is 0.159. The summed E-state index contributed by atoms with van der Waals surface area (Å²) in [6, 6.07) is 13.4. The second kappa shape index (κ2) is 7.73. The highest BCUT2D eigenvalue weighted by molar-refractivity contribution is 5.90. The molecule has 0 radical (unpaired) electrons. The van der Waals surface area contributed by atoms with Crippen LogP contribution in [0.4, 0.5) is 4.39 Å². The summed E-state index contributed by atoms with van der Waals surface area (Å²) in [4.78, 5) is 2.16. The van der Waals surface area contributed by atoms with Crippen molar-refractivity contribution in [2.24, 2.45) is 5.92 Å². The highest BCUT2D eigenvalue weighted by Gasteiger charge is 2.25. The number of hydrogen-bond acceptors (Lipinski definition) is 2. The molecule has 3 nitrogen and oxygen atoms in total. The van der Waals surface area contributed by atoms with Crippen LogP contribution in [0, 0.1) is 11.7 Å². The fourth-order valence-corrected chi connectivity index (χ4v) is 3.57. The van der Waals surface area contributed by atoms with Crippen molar-refractivity contribution >= 4 is 10.9 Å². The molecule has 1 aromatic heterocycles. The molecule has 4 rings (SSSR count). The van der Waals surface area contributed by atoms with Gasteiger partial charge in [-0.15, -0.1) is 0 Å². The third-order valence-electron chi connectivity index (χ3n) is 5.23. The van der Waals surface area contributed by atoms with Crippen molar-refractivity contribution in [1.29, 1.82) is 0 Å². The maximum Gasteiger partial charge on any atom is 0.147 e. The summed E-state index contributed by atoms with van der Waals surface area (Å²) in [6.07, 6.45) is 5.52. The molecule has 1 fully saturated rings. The van der Waals surface area contributed by atoms with Crippen LogP contribution in [0.15, 0.2) is 48.7 Å². The number of aromatic nitrogens is 1. The minimum Gasteiger partial charge on any atom is -0.488 e. The Morgan fingerprint density at radius 3 is 2.59 bits per heavy atom. The molecule has 0 amide bonds. The summed E-state index contributed by atoms with van der Waals surface area (Å²) in [6.45, 7) is 2.32. The van der Waals surface area contributed by atoms with Gasteiger partial charge in [0.2, 0.25) is 0 Å². The van der Waals surface area contributed by atoms with E-state index in [1.807, 2.05) is 30.3 Å². The van der Waals surface area contributed by atoms with E-state index >= 15 is 0 Å². The molecule has 4 heteroatoms. The van der Waals surface area contributed by atoms with Crippen molar-refractivity contribution in [3.63, 3.8) is 0 Å². The van der Waals surface area contributed by atoms with Crippen molar-refractivity contribution in [1.82, 2.24) is 9.47 Å². The van der Waals surface area contributed by atoms with Gasteiger partial charge in [0.15, 0.2) is 0 Å². The maximum atomic E-state index is 14.8. The van der Waals surface area contributed by atoms with E-state index in [1.165, 1.54) is 18.4 Å².